The summed E-state index contributed by atoms with van der Waals surface area (Å²) in [5, 5.41) is 2.30. The number of aryl methyl sites for hydroxylation is 2. The smallest absolute Gasteiger partial charge is 0.00313 e. The van der Waals surface area contributed by atoms with Crippen molar-refractivity contribution in [3.8, 4) is 0 Å². The van der Waals surface area contributed by atoms with Crippen LogP contribution in [0.4, 0.5) is 0 Å². The van der Waals surface area contributed by atoms with E-state index in [-0.39, 0.29) is 0 Å². The van der Waals surface area contributed by atoms with E-state index in [9.17, 15) is 0 Å². The number of halogens is 2. The first-order chi connectivity index (χ1) is 9.86. The van der Waals surface area contributed by atoms with Gasteiger partial charge in [0.2, 0.25) is 0 Å². The maximum absolute atomic E-state index is 3.49. The molecule has 114 valence electrons. The Balaban J connectivity index is 2.13. The number of rotatable bonds is 12. The van der Waals surface area contributed by atoms with Crippen LogP contribution in [0.15, 0.2) is 24.3 Å². The first-order valence-corrected chi connectivity index (χ1v) is 10.3. The predicted octanol–water partition coefficient (Wildman–Crippen LogP) is 6.68. The molecule has 0 fully saturated rings. The summed E-state index contributed by atoms with van der Waals surface area (Å²) in [5.41, 5.74) is 3.01. The van der Waals surface area contributed by atoms with Crippen molar-refractivity contribution < 1.29 is 0 Å². The lowest BCUT2D eigenvalue weighted by Gasteiger charge is -2.05. The van der Waals surface area contributed by atoms with Crippen LogP contribution < -0.4 is 0 Å². The lowest BCUT2D eigenvalue weighted by Crippen LogP contribution is -1.90. The second-order valence-corrected chi connectivity index (χ2v) is 7.11. The highest BCUT2D eigenvalue weighted by atomic mass is 79.9. The number of hydrogen-bond acceptors (Lipinski definition) is 0. The molecule has 2 heteroatoms. The Kier molecular flexibility index (Phi) is 11.7. The average Bonchev–Trinajstić information content (AvgIpc) is 2.48. The van der Waals surface area contributed by atoms with Gasteiger partial charge in [0, 0.05) is 10.7 Å². The van der Waals surface area contributed by atoms with Gasteiger partial charge in [-0.05, 0) is 49.7 Å². The van der Waals surface area contributed by atoms with Crippen LogP contribution in [0.25, 0.3) is 0 Å². The molecule has 1 rings (SSSR count). The van der Waals surface area contributed by atoms with Crippen LogP contribution in [0.2, 0.25) is 0 Å². The molecule has 20 heavy (non-hydrogen) atoms. The summed E-state index contributed by atoms with van der Waals surface area (Å²) in [7, 11) is 0. The van der Waals surface area contributed by atoms with E-state index < -0.39 is 0 Å². The molecule has 0 aliphatic heterocycles. The fourth-order valence-corrected chi connectivity index (χ4v) is 3.22. The van der Waals surface area contributed by atoms with Crippen LogP contribution in [-0.4, -0.2) is 10.7 Å². The Morgan fingerprint density at radius 3 is 1.20 bits per heavy atom. The molecule has 0 radical (unpaired) electrons. The Labute approximate surface area is 142 Å². The van der Waals surface area contributed by atoms with Gasteiger partial charge < -0.3 is 0 Å². The lowest BCUT2D eigenvalue weighted by molar-refractivity contribution is 0.668. The molecular formula is C18H28Br2. The van der Waals surface area contributed by atoms with Gasteiger partial charge >= 0.3 is 0 Å². The minimum Gasteiger partial charge on any atom is -0.0928 e. The molecule has 0 amide bonds. The van der Waals surface area contributed by atoms with E-state index >= 15 is 0 Å². The molecule has 0 aliphatic rings. The fraction of sp³-hybridized carbons (Fsp3) is 0.667. The van der Waals surface area contributed by atoms with E-state index in [1.165, 1.54) is 75.3 Å². The van der Waals surface area contributed by atoms with Gasteiger partial charge in [-0.2, -0.15) is 0 Å². The van der Waals surface area contributed by atoms with Gasteiger partial charge in [0.05, 0.1) is 0 Å². The summed E-state index contributed by atoms with van der Waals surface area (Å²) >= 11 is 6.97. The zero-order valence-electron chi connectivity index (χ0n) is 12.6. The van der Waals surface area contributed by atoms with Crippen LogP contribution in [0, 0.1) is 0 Å². The number of benzene rings is 1. The molecular weight excluding hydrogens is 376 g/mol. The molecule has 0 unspecified atom stereocenters. The second-order valence-electron chi connectivity index (χ2n) is 5.52. The molecule has 0 aromatic heterocycles. The molecule has 0 N–H and O–H groups in total. The molecule has 0 nitrogen and oxygen atoms in total. The SMILES string of the molecule is BrCCCCCCc1ccc(CCCCCCBr)cc1. The first kappa shape index (κ1) is 18.2. The van der Waals surface area contributed by atoms with Crippen molar-refractivity contribution in [3.05, 3.63) is 35.4 Å². The Hall–Kier alpha value is 0.180. The highest BCUT2D eigenvalue weighted by Crippen LogP contribution is 2.13. The molecule has 0 bridgehead atoms. The van der Waals surface area contributed by atoms with Crippen molar-refractivity contribution in [3.63, 3.8) is 0 Å². The van der Waals surface area contributed by atoms with E-state index in [4.69, 9.17) is 0 Å². The van der Waals surface area contributed by atoms with Crippen molar-refractivity contribution >= 4 is 31.9 Å². The van der Waals surface area contributed by atoms with Gasteiger partial charge in [0.1, 0.15) is 0 Å². The third-order valence-corrected chi connectivity index (χ3v) is 4.84. The highest BCUT2D eigenvalue weighted by Gasteiger charge is 1.97. The Morgan fingerprint density at radius 2 is 0.850 bits per heavy atom. The third kappa shape index (κ3) is 9.18. The Morgan fingerprint density at radius 1 is 0.500 bits per heavy atom. The van der Waals surface area contributed by atoms with Crippen LogP contribution in [-0.2, 0) is 12.8 Å². The summed E-state index contributed by atoms with van der Waals surface area (Å²) in [6.07, 6.45) is 13.2. The van der Waals surface area contributed by atoms with E-state index in [1.54, 1.807) is 0 Å². The molecule has 0 aliphatic carbocycles. The van der Waals surface area contributed by atoms with Crippen molar-refractivity contribution in [2.24, 2.45) is 0 Å². The highest BCUT2D eigenvalue weighted by molar-refractivity contribution is 9.09. The van der Waals surface area contributed by atoms with Gasteiger partial charge in [-0.3, -0.25) is 0 Å². The van der Waals surface area contributed by atoms with Gasteiger partial charge in [-0.25, -0.2) is 0 Å². The van der Waals surface area contributed by atoms with Gasteiger partial charge in [-0.15, -0.1) is 0 Å². The molecule has 0 spiro atoms. The zero-order chi connectivity index (χ0) is 14.5. The Bertz CT molecular complexity index is 286. The van der Waals surface area contributed by atoms with Crippen LogP contribution >= 0.6 is 31.9 Å². The quantitative estimate of drug-likeness (QED) is 0.269. The summed E-state index contributed by atoms with van der Waals surface area (Å²) in [6.45, 7) is 0. The average molecular weight is 404 g/mol. The predicted molar refractivity (Wildman–Crippen MR) is 98.4 cm³/mol. The molecule has 1 aromatic carbocycles. The van der Waals surface area contributed by atoms with Crippen molar-refractivity contribution in [1.29, 1.82) is 0 Å². The van der Waals surface area contributed by atoms with E-state index in [0.29, 0.717) is 0 Å². The van der Waals surface area contributed by atoms with Crippen molar-refractivity contribution in [2.45, 2.75) is 64.2 Å². The van der Waals surface area contributed by atoms with Gasteiger partial charge in [0.25, 0.3) is 0 Å². The number of hydrogen-bond donors (Lipinski definition) is 0. The van der Waals surface area contributed by atoms with E-state index in [0.717, 1.165) is 10.7 Å². The standard InChI is InChI=1S/C18H28Br2/c19-15-7-3-1-5-9-17-11-13-18(14-12-17)10-6-2-4-8-16-20/h11-14H,1-10,15-16H2. The minimum absolute atomic E-state index is 1.15. The summed E-state index contributed by atoms with van der Waals surface area (Å²) in [4.78, 5) is 0. The topological polar surface area (TPSA) is 0 Å². The van der Waals surface area contributed by atoms with Crippen molar-refractivity contribution in [1.82, 2.24) is 0 Å². The minimum atomic E-state index is 1.15. The van der Waals surface area contributed by atoms with Crippen molar-refractivity contribution in [2.75, 3.05) is 10.7 Å². The zero-order valence-corrected chi connectivity index (χ0v) is 15.7. The monoisotopic (exact) mass is 402 g/mol. The molecule has 0 heterocycles. The molecule has 0 saturated carbocycles. The maximum atomic E-state index is 3.49. The van der Waals surface area contributed by atoms with Gasteiger partial charge in [-0.1, -0.05) is 81.8 Å². The third-order valence-electron chi connectivity index (χ3n) is 3.72. The lowest BCUT2D eigenvalue weighted by atomic mass is 10.0. The van der Waals surface area contributed by atoms with Crippen LogP contribution in [0.3, 0.4) is 0 Å². The summed E-state index contributed by atoms with van der Waals surface area (Å²) < 4.78 is 0. The van der Waals surface area contributed by atoms with Gasteiger partial charge in [0.15, 0.2) is 0 Å². The van der Waals surface area contributed by atoms with Crippen LogP contribution in [0.5, 0.6) is 0 Å². The largest absolute Gasteiger partial charge is 0.0928 e. The maximum Gasteiger partial charge on any atom is 0.00313 e. The molecule has 1 aromatic rings. The molecule has 0 atom stereocenters. The number of alkyl halides is 2. The fourth-order valence-electron chi connectivity index (χ4n) is 2.43. The van der Waals surface area contributed by atoms with E-state index in [1.807, 2.05) is 0 Å². The summed E-state index contributed by atoms with van der Waals surface area (Å²) in [5.74, 6) is 0. The normalized spacial score (nSPS) is 10.9. The first-order valence-electron chi connectivity index (χ1n) is 8.06. The van der Waals surface area contributed by atoms with Crippen LogP contribution in [0.1, 0.15) is 62.5 Å². The number of unbranched alkanes of at least 4 members (excludes halogenated alkanes) is 6. The van der Waals surface area contributed by atoms with E-state index in [2.05, 4.69) is 56.1 Å². The second kappa shape index (κ2) is 12.9. The molecule has 0 saturated heterocycles. The summed E-state index contributed by atoms with van der Waals surface area (Å²) in [6, 6.07) is 9.33.